The lowest BCUT2D eigenvalue weighted by atomic mass is 9.99. The summed E-state index contributed by atoms with van der Waals surface area (Å²) in [4.78, 5) is 27.2. The second-order valence-corrected chi connectivity index (χ2v) is 7.43. The molecule has 1 saturated heterocycles. The second kappa shape index (κ2) is 7.88. The van der Waals surface area contributed by atoms with Gasteiger partial charge in [0.2, 0.25) is 0 Å². The number of benzene rings is 2. The molecule has 1 atom stereocenters. The fourth-order valence-electron chi connectivity index (χ4n) is 3.92. The Kier molecular flexibility index (Phi) is 4.89. The van der Waals surface area contributed by atoms with Crippen molar-refractivity contribution >= 4 is 17.4 Å². The Morgan fingerprint density at radius 3 is 2.50 bits per heavy atom. The van der Waals surface area contributed by atoms with Crippen molar-refractivity contribution in [3.63, 3.8) is 0 Å². The first-order chi connectivity index (χ1) is 15.5. The maximum Gasteiger partial charge on any atom is 0.296 e. The molecule has 1 aromatic heterocycles. The number of ether oxygens (including phenoxy) is 2. The van der Waals surface area contributed by atoms with Crippen molar-refractivity contribution in [1.82, 2.24) is 4.90 Å². The summed E-state index contributed by atoms with van der Waals surface area (Å²) in [5, 5.41) is 11.1. The Hall–Kier alpha value is -4.07. The van der Waals surface area contributed by atoms with Gasteiger partial charge in [-0.25, -0.2) is 4.39 Å². The Bertz CT molecular complexity index is 1220. The SMILES string of the molecule is O=C1C(=O)N(Cc2ccc(F)cc2)C(c2ccco2)/C1=C(/O)c1ccc2c(c1)OCCO2. The molecule has 162 valence electrons. The number of rotatable bonds is 4. The number of halogens is 1. The molecule has 0 aliphatic carbocycles. The van der Waals surface area contributed by atoms with Crippen LogP contribution in [0, 0.1) is 5.82 Å². The maximum atomic E-state index is 13.3. The summed E-state index contributed by atoms with van der Waals surface area (Å²) in [7, 11) is 0. The molecule has 8 heteroatoms. The molecule has 7 nitrogen and oxygen atoms in total. The average molecular weight is 435 g/mol. The van der Waals surface area contributed by atoms with Crippen LogP contribution in [0.5, 0.6) is 11.5 Å². The molecule has 3 heterocycles. The highest BCUT2D eigenvalue weighted by atomic mass is 19.1. The van der Waals surface area contributed by atoms with Gasteiger partial charge < -0.3 is 23.9 Å². The number of Topliss-reactive ketones (excluding diaryl/α,β-unsaturated/α-hetero) is 1. The van der Waals surface area contributed by atoms with Gasteiger partial charge in [-0.3, -0.25) is 9.59 Å². The van der Waals surface area contributed by atoms with E-state index in [0.29, 0.717) is 41.6 Å². The van der Waals surface area contributed by atoms with Gasteiger partial charge in [-0.2, -0.15) is 0 Å². The zero-order chi connectivity index (χ0) is 22.2. The summed E-state index contributed by atoms with van der Waals surface area (Å²) in [6, 6.07) is 12.8. The molecular weight excluding hydrogens is 417 g/mol. The summed E-state index contributed by atoms with van der Waals surface area (Å²) >= 11 is 0. The van der Waals surface area contributed by atoms with Crippen LogP contribution < -0.4 is 9.47 Å². The minimum absolute atomic E-state index is 0.0359. The summed E-state index contributed by atoms with van der Waals surface area (Å²) in [5.74, 6) is -1.07. The van der Waals surface area contributed by atoms with E-state index in [9.17, 15) is 19.1 Å². The maximum absolute atomic E-state index is 13.3. The molecule has 5 rings (SSSR count). The van der Waals surface area contributed by atoms with Gasteiger partial charge in [0.1, 0.15) is 36.6 Å². The monoisotopic (exact) mass is 435 g/mol. The van der Waals surface area contributed by atoms with Crippen LogP contribution >= 0.6 is 0 Å². The Morgan fingerprint density at radius 1 is 1.03 bits per heavy atom. The van der Waals surface area contributed by atoms with Crippen molar-refractivity contribution in [2.24, 2.45) is 0 Å². The number of amides is 1. The number of hydrogen-bond acceptors (Lipinski definition) is 6. The highest BCUT2D eigenvalue weighted by Gasteiger charge is 2.47. The van der Waals surface area contributed by atoms with E-state index in [0.717, 1.165) is 0 Å². The molecule has 1 unspecified atom stereocenters. The summed E-state index contributed by atoms with van der Waals surface area (Å²) in [5.41, 5.74) is 0.846. The first kappa shape index (κ1) is 19.9. The first-order valence-corrected chi connectivity index (χ1v) is 9.99. The van der Waals surface area contributed by atoms with Gasteiger partial charge in [-0.15, -0.1) is 0 Å². The van der Waals surface area contributed by atoms with Crippen LogP contribution in [0.15, 0.2) is 70.9 Å². The van der Waals surface area contributed by atoms with Crippen molar-refractivity contribution in [3.8, 4) is 11.5 Å². The van der Waals surface area contributed by atoms with E-state index >= 15 is 0 Å². The van der Waals surface area contributed by atoms with Gasteiger partial charge >= 0.3 is 0 Å². The molecule has 1 fully saturated rings. The Balaban J connectivity index is 1.59. The van der Waals surface area contributed by atoms with Gasteiger partial charge in [-0.1, -0.05) is 12.1 Å². The second-order valence-electron chi connectivity index (χ2n) is 7.43. The molecule has 0 saturated carbocycles. The van der Waals surface area contributed by atoms with Crippen molar-refractivity contribution < 1.29 is 33.0 Å². The third-order valence-electron chi connectivity index (χ3n) is 5.43. The lowest BCUT2D eigenvalue weighted by Crippen LogP contribution is -2.29. The number of nitrogens with zero attached hydrogens (tertiary/aromatic N) is 1. The summed E-state index contributed by atoms with van der Waals surface area (Å²) in [6.07, 6.45) is 1.43. The van der Waals surface area contributed by atoms with Crippen LogP contribution in [-0.4, -0.2) is 34.9 Å². The van der Waals surface area contributed by atoms with Crippen LogP contribution in [0.2, 0.25) is 0 Å². The molecule has 2 aliphatic heterocycles. The molecule has 3 aromatic rings. The summed E-state index contributed by atoms with van der Waals surface area (Å²) < 4.78 is 29.9. The van der Waals surface area contributed by atoms with Crippen LogP contribution in [0.25, 0.3) is 5.76 Å². The van der Waals surface area contributed by atoms with Gasteiger partial charge in [0, 0.05) is 12.1 Å². The predicted molar refractivity (Wildman–Crippen MR) is 110 cm³/mol. The Labute approximate surface area is 182 Å². The number of aliphatic hydroxyl groups excluding tert-OH is 1. The normalized spacial score (nSPS) is 19.4. The summed E-state index contributed by atoms with van der Waals surface area (Å²) in [6.45, 7) is 0.825. The zero-order valence-electron chi connectivity index (χ0n) is 16.8. The largest absolute Gasteiger partial charge is 0.507 e. The molecule has 2 aliphatic rings. The number of furan rings is 1. The van der Waals surface area contributed by atoms with E-state index in [4.69, 9.17) is 13.9 Å². The van der Waals surface area contributed by atoms with Gasteiger partial charge in [-0.05, 0) is 48.0 Å². The van der Waals surface area contributed by atoms with E-state index in [2.05, 4.69) is 0 Å². The number of carbonyl (C=O) groups is 2. The van der Waals surface area contributed by atoms with E-state index in [-0.39, 0.29) is 17.9 Å². The third kappa shape index (κ3) is 3.39. The number of aliphatic hydroxyl groups is 1. The third-order valence-corrected chi connectivity index (χ3v) is 5.43. The van der Waals surface area contributed by atoms with Crippen LogP contribution in [0.3, 0.4) is 0 Å². The fourth-order valence-corrected chi connectivity index (χ4v) is 3.92. The van der Waals surface area contributed by atoms with E-state index in [1.54, 1.807) is 30.3 Å². The average Bonchev–Trinajstić information content (AvgIpc) is 3.42. The number of carbonyl (C=O) groups excluding carboxylic acids is 2. The van der Waals surface area contributed by atoms with Crippen molar-refractivity contribution in [3.05, 3.63) is 89.1 Å². The predicted octanol–water partition coefficient (Wildman–Crippen LogP) is 3.81. The Morgan fingerprint density at radius 2 is 1.78 bits per heavy atom. The minimum atomic E-state index is -0.941. The van der Waals surface area contributed by atoms with Gasteiger partial charge in [0.15, 0.2) is 11.5 Å². The molecule has 32 heavy (non-hydrogen) atoms. The van der Waals surface area contributed by atoms with Gasteiger partial charge in [0.25, 0.3) is 11.7 Å². The topological polar surface area (TPSA) is 89.2 Å². The molecule has 1 amide bonds. The highest BCUT2D eigenvalue weighted by molar-refractivity contribution is 6.46. The zero-order valence-corrected chi connectivity index (χ0v) is 16.8. The lowest BCUT2D eigenvalue weighted by Gasteiger charge is -2.23. The molecule has 0 bridgehead atoms. The molecule has 0 spiro atoms. The van der Waals surface area contributed by atoms with Crippen LogP contribution in [0.4, 0.5) is 4.39 Å². The lowest BCUT2D eigenvalue weighted by molar-refractivity contribution is -0.140. The number of ketones is 1. The van der Waals surface area contributed by atoms with Gasteiger partial charge in [0.05, 0.1) is 11.8 Å². The molecule has 0 radical (unpaired) electrons. The molecule has 2 aromatic carbocycles. The number of likely N-dealkylation sites (tertiary alicyclic amines) is 1. The number of hydrogen-bond donors (Lipinski definition) is 1. The highest BCUT2D eigenvalue weighted by Crippen LogP contribution is 2.41. The number of fused-ring (bicyclic) bond motifs is 1. The van der Waals surface area contributed by atoms with Crippen molar-refractivity contribution in [2.45, 2.75) is 12.6 Å². The smallest absolute Gasteiger partial charge is 0.296 e. The minimum Gasteiger partial charge on any atom is -0.507 e. The molecule has 1 N–H and O–H groups in total. The standard InChI is InChI=1S/C24H18FNO6/c25-16-6-3-14(4-7-16)13-26-21(18-2-1-9-30-18)20(23(28)24(26)29)22(27)15-5-8-17-19(12-15)32-11-10-31-17/h1-9,12,21,27H,10-11,13H2/b22-20-. The molecular formula is C24H18FNO6. The van der Waals surface area contributed by atoms with Crippen molar-refractivity contribution in [1.29, 1.82) is 0 Å². The van der Waals surface area contributed by atoms with Crippen LogP contribution in [0.1, 0.15) is 22.9 Å². The van der Waals surface area contributed by atoms with E-state index in [1.807, 2.05) is 0 Å². The van der Waals surface area contributed by atoms with Crippen molar-refractivity contribution in [2.75, 3.05) is 13.2 Å². The van der Waals surface area contributed by atoms with E-state index < -0.39 is 23.5 Å². The van der Waals surface area contributed by atoms with Crippen LogP contribution in [-0.2, 0) is 16.1 Å². The fraction of sp³-hybridized carbons (Fsp3) is 0.167. The first-order valence-electron chi connectivity index (χ1n) is 9.99. The van der Waals surface area contributed by atoms with E-state index in [1.165, 1.54) is 35.4 Å². The quantitative estimate of drug-likeness (QED) is 0.381.